The second-order valence-corrected chi connectivity index (χ2v) is 5.53. The van der Waals surface area contributed by atoms with Crippen LogP contribution >= 0.6 is 0 Å². The van der Waals surface area contributed by atoms with E-state index in [2.05, 4.69) is 4.74 Å². The van der Waals surface area contributed by atoms with Crippen molar-refractivity contribution in [2.24, 2.45) is 5.92 Å². The van der Waals surface area contributed by atoms with Gasteiger partial charge in [-0.1, -0.05) is 6.92 Å². The summed E-state index contributed by atoms with van der Waals surface area (Å²) in [6.45, 7) is 2.51. The molecule has 2 atom stereocenters. The van der Waals surface area contributed by atoms with Gasteiger partial charge in [0.1, 0.15) is 0 Å². The first kappa shape index (κ1) is 17.3. The zero-order chi connectivity index (χ0) is 16.0. The molecule has 7 heteroatoms. The Hall–Kier alpha value is -1.79. The van der Waals surface area contributed by atoms with Gasteiger partial charge in [0.05, 0.1) is 19.4 Å². The third-order valence-electron chi connectivity index (χ3n) is 3.76. The molecule has 0 aromatic carbocycles. The molecule has 0 aromatic rings. The topological polar surface area (TPSA) is 87.2 Å². The Morgan fingerprint density at radius 3 is 2.62 bits per heavy atom. The van der Waals surface area contributed by atoms with Gasteiger partial charge in [-0.05, 0) is 19.3 Å². The van der Waals surface area contributed by atoms with E-state index in [0.717, 1.165) is 12.8 Å². The summed E-state index contributed by atoms with van der Waals surface area (Å²) in [6, 6.07) is -0.490. The molecular formula is C14H24N2O5. The zero-order valence-electron chi connectivity index (χ0n) is 12.9. The van der Waals surface area contributed by atoms with Crippen LogP contribution in [0.25, 0.3) is 0 Å². The maximum absolute atomic E-state index is 12.4. The Morgan fingerprint density at radius 2 is 2.05 bits per heavy atom. The number of carbonyl (C=O) groups excluding carboxylic acids is 2. The molecule has 0 radical (unpaired) electrons. The highest BCUT2D eigenvalue weighted by molar-refractivity contribution is 5.77. The summed E-state index contributed by atoms with van der Waals surface area (Å²) in [6.07, 6.45) is 2.48. The van der Waals surface area contributed by atoms with E-state index in [9.17, 15) is 14.4 Å². The Balaban J connectivity index is 2.65. The van der Waals surface area contributed by atoms with Crippen molar-refractivity contribution < 1.29 is 24.2 Å². The van der Waals surface area contributed by atoms with Crippen LogP contribution in [0.5, 0.6) is 0 Å². The van der Waals surface area contributed by atoms with Crippen molar-refractivity contribution in [2.75, 3.05) is 27.2 Å². The number of amides is 2. The van der Waals surface area contributed by atoms with Crippen molar-refractivity contribution in [1.29, 1.82) is 0 Å². The average molecular weight is 300 g/mol. The molecule has 120 valence electrons. The van der Waals surface area contributed by atoms with Crippen molar-refractivity contribution in [3.8, 4) is 0 Å². The third-order valence-corrected chi connectivity index (χ3v) is 3.76. The first-order chi connectivity index (χ1) is 9.86. The first-order valence-corrected chi connectivity index (χ1v) is 7.18. The zero-order valence-corrected chi connectivity index (χ0v) is 12.9. The van der Waals surface area contributed by atoms with Gasteiger partial charge in [0, 0.05) is 26.2 Å². The van der Waals surface area contributed by atoms with E-state index in [0.29, 0.717) is 13.0 Å². The van der Waals surface area contributed by atoms with Crippen LogP contribution in [0.1, 0.15) is 32.6 Å². The predicted octanol–water partition coefficient (Wildman–Crippen LogP) is 1.18. The molecule has 2 unspecified atom stereocenters. The lowest BCUT2D eigenvalue weighted by molar-refractivity contribution is -0.145. The maximum Gasteiger partial charge on any atom is 0.320 e. The summed E-state index contributed by atoms with van der Waals surface area (Å²) >= 11 is 0. The highest BCUT2D eigenvalue weighted by atomic mass is 16.5. The van der Waals surface area contributed by atoms with Gasteiger partial charge >= 0.3 is 18.0 Å². The number of carboxylic acid groups (broad SMARTS) is 1. The summed E-state index contributed by atoms with van der Waals surface area (Å²) in [5, 5.41) is 8.94. The Morgan fingerprint density at radius 1 is 1.38 bits per heavy atom. The van der Waals surface area contributed by atoms with E-state index in [-0.39, 0.29) is 31.0 Å². The van der Waals surface area contributed by atoms with Crippen LogP contribution in [0, 0.1) is 5.92 Å². The SMILES string of the molecule is COC(=O)C(C)CN(C)C(=O)N1CCCCC1CC(=O)O. The Labute approximate surface area is 124 Å². The molecule has 2 amide bonds. The Bertz CT molecular complexity index is 399. The lowest BCUT2D eigenvalue weighted by Gasteiger charge is -2.37. The van der Waals surface area contributed by atoms with Crippen molar-refractivity contribution in [3.63, 3.8) is 0 Å². The molecule has 0 spiro atoms. The summed E-state index contributed by atoms with van der Waals surface area (Å²) in [4.78, 5) is 37.8. The van der Waals surface area contributed by atoms with Crippen LogP contribution in [0.3, 0.4) is 0 Å². The second kappa shape index (κ2) is 7.85. The number of likely N-dealkylation sites (tertiary alicyclic amines) is 1. The number of rotatable bonds is 5. The second-order valence-electron chi connectivity index (χ2n) is 5.53. The molecule has 1 N–H and O–H groups in total. The van der Waals surface area contributed by atoms with E-state index in [1.165, 1.54) is 12.0 Å². The van der Waals surface area contributed by atoms with Crippen LogP contribution in [-0.4, -0.2) is 66.2 Å². The van der Waals surface area contributed by atoms with Gasteiger partial charge in [-0.25, -0.2) is 4.79 Å². The lowest BCUT2D eigenvalue weighted by Crippen LogP contribution is -2.51. The molecular weight excluding hydrogens is 276 g/mol. The fraction of sp³-hybridized carbons (Fsp3) is 0.786. The number of carbonyl (C=O) groups is 3. The molecule has 0 bridgehead atoms. The molecule has 1 saturated heterocycles. The Kier molecular flexibility index (Phi) is 6.45. The first-order valence-electron chi connectivity index (χ1n) is 7.18. The number of hydrogen-bond donors (Lipinski definition) is 1. The minimum atomic E-state index is -0.898. The maximum atomic E-state index is 12.4. The summed E-state index contributed by atoms with van der Waals surface area (Å²) in [5.41, 5.74) is 0. The van der Waals surface area contributed by atoms with Gasteiger partial charge in [-0.2, -0.15) is 0 Å². The number of methoxy groups -OCH3 is 1. The van der Waals surface area contributed by atoms with Crippen molar-refractivity contribution in [3.05, 3.63) is 0 Å². The van der Waals surface area contributed by atoms with Gasteiger partial charge in [0.25, 0.3) is 0 Å². The van der Waals surface area contributed by atoms with Crippen LogP contribution in [0.15, 0.2) is 0 Å². The summed E-state index contributed by atoms with van der Waals surface area (Å²) < 4.78 is 4.64. The van der Waals surface area contributed by atoms with Crippen molar-refractivity contribution >= 4 is 18.0 Å². The molecule has 1 aliphatic heterocycles. The van der Waals surface area contributed by atoms with Gasteiger partial charge in [0.15, 0.2) is 0 Å². The number of esters is 1. The molecule has 1 rings (SSSR count). The molecule has 7 nitrogen and oxygen atoms in total. The number of piperidine rings is 1. The lowest BCUT2D eigenvalue weighted by atomic mass is 10.00. The van der Waals surface area contributed by atoms with Gasteiger partial charge < -0.3 is 19.6 Å². The molecule has 1 heterocycles. The molecule has 0 aliphatic carbocycles. The number of ether oxygens (including phenoxy) is 1. The number of nitrogens with zero attached hydrogens (tertiary/aromatic N) is 2. The van der Waals surface area contributed by atoms with Crippen LogP contribution in [0.2, 0.25) is 0 Å². The standard InChI is InChI=1S/C14H24N2O5/c1-10(13(19)21-3)9-15(2)14(20)16-7-5-4-6-11(16)8-12(17)18/h10-11H,4-9H2,1-3H3,(H,17,18). The monoisotopic (exact) mass is 300 g/mol. The normalized spacial score (nSPS) is 19.8. The fourth-order valence-electron chi connectivity index (χ4n) is 2.65. The highest BCUT2D eigenvalue weighted by Gasteiger charge is 2.31. The van der Waals surface area contributed by atoms with Crippen LogP contribution < -0.4 is 0 Å². The number of hydrogen-bond acceptors (Lipinski definition) is 4. The largest absolute Gasteiger partial charge is 0.481 e. The van der Waals surface area contributed by atoms with Gasteiger partial charge in [-0.15, -0.1) is 0 Å². The van der Waals surface area contributed by atoms with Crippen LogP contribution in [-0.2, 0) is 14.3 Å². The van der Waals surface area contributed by atoms with Crippen molar-refractivity contribution in [2.45, 2.75) is 38.6 Å². The molecule has 1 fully saturated rings. The molecule has 0 aromatic heterocycles. The van der Waals surface area contributed by atoms with E-state index in [1.54, 1.807) is 18.9 Å². The number of urea groups is 1. The average Bonchev–Trinajstić information content (AvgIpc) is 2.45. The van der Waals surface area contributed by atoms with Crippen molar-refractivity contribution in [1.82, 2.24) is 9.80 Å². The minimum absolute atomic E-state index is 0.0356. The van der Waals surface area contributed by atoms with Crippen LogP contribution in [0.4, 0.5) is 4.79 Å². The quantitative estimate of drug-likeness (QED) is 0.770. The number of aliphatic carboxylic acids is 1. The minimum Gasteiger partial charge on any atom is -0.481 e. The molecule has 1 aliphatic rings. The molecule has 21 heavy (non-hydrogen) atoms. The fourth-order valence-corrected chi connectivity index (χ4v) is 2.65. The van der Waals surface area contributed by atoms with E-state index < -0.39 is 11.9 Å². The smallest absolute Gasteiger partial charge is 0.320 e. The van der Waals surface area contributed by atoms with E-state index >= 15 is 0 Å². The summed E-state index contributed by atoms with van der Waals surface area (Å²) in [7, 11) is 2.93. The predicted molar refractivity (Wildman–Crippen MR) is 75.8 cm³/mol. The highest BCUT2D eigenvalue weighted by Crippen LogP contribution is 2.21. The third kappa shape index (κ3) is 4.91. The molecule has 0 saturated carbocycles. The van der Waals surface area contributed by atoms with Gasteiger partial charge in [0.2, 0.25) is 0 Å². The summed E-state index contributed by atoms with van der Waals surface area (Å²) in [5.74, 6) is -1.67. The van der Waals surface area contributed by atoms with E-state index in [4.69, 9.17) is 5.11 Å². The van der Waals surface area contributed by atoms with E-state index in [1.807, 2.05) is 0 Å². The van der Waals surface area contributed by atoms with Gasteiger partial charge in [-0.3, -0.25) is 9.59 Å². The number of carboxylic acids is 1.